The average Bonchev–Trinajstić information content (AvgIpc) is 2.48. The lowest BCUT2D eigenvalue weighted by atomic mass is 10.1. The van der Waals surface area contributed by atoms with Crippen LogP contribution in [0.2, 0.25) is 0 Å². The van der Waals surface area contributed by atoms with E-state index in [1.807, 2.05) is 25.1 Å². The number of amides is 1. The van der Waals surface area contributed by atoms with Gasteiger partial charge in [-0.25, -0.2) is 4.39 Å². The van der Waals surface area contributed by atoms with Crippen LogP contribution in [0.1, 0.15) is 11.1 Å². The summed E-state index contributed by atoms with van der Waals surface area (Å²) in [7, 11) is 0. The van der Waals surface area contributed by atoms with Crippen LogP contribution in [0.3, 0.4) is 0 Å². The third-order valence-electron chi connectivity index (χ3n) is 2.90. The molecular weight excluding hydrogens is 347 g/mol. The quantitative estimate of drug-likeness (QED) is 0.651. The Balaban J connectivity index is 2.23. The van der Waals surface area contributed by atoms with Crippen LogP contribution in [0.15, 0.2) is 52.5 Å². The number of carbonyl (C=O) groups is 1. The summed E-state index contributed by atoms with van der Waals surface area (Å²) < 4.78 is 13.5. The number of nitrogens with zero attached hydrogens (tertiary/aromatic N) is 1. The van der Waals surface area contributed by atoms with Crippen molar-refractivity contribution in [3.63, 3.8) is 0 Å². The molecule has 0 radical (unpaired) electrons. The van der Waals surface area contributed by atoms with Gasteiger partial charge in [0, 0.05) is 5.69 Å². The van der Waals surface area contributed by atoms with Crippen LogP contribution in [0.4, 0.5) is 10.1 Å². The molecule has 0 unspecified atom stereocenters. The largest absolute Gasteiger partial charge is 0.321 e. The second kappa shape index (κ2) is 7.01. The zero-order valence-electron chi connectivity index (χ0n) is 11.7. The van der Waals surface area contributed by atoms with Gasteiger partial charge < -0.3 is 5.32 Å². The van der Waals surface area contributed by atoms with E-state index in [9.17, 15) is 9.18 Å². The smallest absolute Gasteiger partial charge is 0.266 e. The fraction of sp³-hybridized carbons (Fsp3) is 0.0588. The van der Waals surface area contributed by atoms with Gasteiger partial charge in [-0.15, -0.1) is 0 Å². The number of hydrogen-bond acceptors (Lipinski definition) is 2. The summed E-state index contributed by atoms with van der Waals surface area (Å²) in [6.07, 6.45) is 1.41. The molecule has 0 aromatic heterocycles. The van der Waals surface area contributed by atoms with Crippen molar-refractivity contribution in [1.82, 2.24) is 0 Å². The van der Waals surface area contributed by atoms with Crippen molar-refractivity contribution in [2.75, 3.05) is 5.32 Å². The Bertz CT molecular complexity index is 793. The first-order chi connectivity index (χ1) is 10.5. The van der Waals surface area contributed by atoms with Crippen molar-refractivity contribution in [3.05, 3.63) is 69.5 Å². The van der Waals surface area contributed by atoms with E-state index in [0.717, 1.165) is 5.56 Å². The van der Waals surface area contributed by atoms with Crippen LogP contribution in [-0.4, -0.2) is 5.91 Å². The molecule has 2 aromatic rings. The Labute approximate surface area is 136 Å². The van der Waals surface area contributed by atoms with Crippen LogP contribution in [0, 0.1) is 24.1 Å². The predicted octanol–water partition coefficient (Wildman–Crippen LogP) is 4.44. The minimum absolute atomic E-state index is 0.0555. The van der Waals surface area contributed by atoms with E-state index in [0.29, 0.717) is 11.3 Å². The van der Waals surface area contributed by atoms with Gasteiger partial charge in [0.1, 0.15) is 17.5 Å². The van der Waals surface area contributed by atoms with Crippen molar-refractivity contribution in [1.29, 1.82) is 5.26 Å². The highest BCUT2D eigenvalue weighted by atomic mass is 79.9. The molecule has 2 rings (SSSR count). The highest BCUT2D eigenvalue weighted by Crippen LogP contribution is 2.19. The summed E-state index contributed by atoms with van der Waals surface area (Å²) >= 11 is 3.07. The highest BCUT2D eigenvalue weighted by Gasteiger charge is 2.10. The first-order valence-electron chi connectivity index (χ1n) is 6.44. The van der Waals surface area contributed by atoms with Crippen molar-refractivity contribution in [2.45, 2.75) is 6.92 Å². The van der Waals surface area contributed by atoms with Crippen molar-refractivity contribution < 1.29 is 9.18 Å². The van der Waals surface area contributed by atoms with Crippen LogP contribution >= 0.6 is 15.9 Å². The van der Waals surface area contributed by atoms with Crippen molar-refractivity contribution in [2.24, 2.45) is 0 Å². The standard InChI is InChI=1S/C17H12BrFN2O/c1-11-3-2-4-14(7-11)21-17(22)13(10-20)8-12-5-6-16(19)15(18)9-12/h2-9H,1H3,(H,21,22)/b13-8+. The second-order valence-electron chi connectivity index (χ2n) is 4.67. The molecule has 0 bridgehead atoms. The first-order valence-corrected chi connectivity index (χ1v) is 7.24. The van der Waals surface area contributed by atoms with Crippen LogP contribution in [0.5, 0.6) is 0 Å². The molecule has 0 heterocycles. The van der Waals surface area contributed by atoms with Gasteiger partial charge in [-0.3, -0.25) is 4.79 Å². The first kappa shape index (κ1) is 15.9. The molecule has 1 amide bonds. The van der Waals surface area contributed by atoms with Gasteiger partial charge >= 0.3 is 0 Å². The fourth-order valence-electron chi connectivity index (χ4n) is 1.84. The maximum atomic E-state index is 13.2. The summed E-state index contributed by atoms with van der Waals surface area (Å²) in [6, 6.07) is 13.4. The molecule has 2 aromatic carbocycles. The van der Waals surface area contributed by atoms with Crippen LogP contribution in [-0.2, 0) is 4.79 Å². The summed E-state index contributed by atoms with van der Waals surface area (Å²) in [5.74, 6) is -0.909. The Morgan fingerprint density at radius 3 is 2.73 bits per heavy atom. The molecule has 0 aliphatic heterocycles. The Morgan fingerprint density at radius 2 is 2.09 bits per heavy atom. The van der Waals surface area contributed by atoms with E-state index in [1.165, 1.54) is 24.3 Å². The number of anilines is 1. The number of carbonyl (C=O) groups excluding carboxylic acids is 1. The minimum Gasteiger partial charge on any atom is -0.321 e. The van der Waals surface area contributed by atoms with Crippen LogP contribution in [0.25, 0.3) is 6.08 Å². The molecule has 0 spiro atoms. The molecule has 1 N–H and O–H groups in total. The number of hydrogen-bond donors (Lipinski definition) is 1. The molecule has 22 heavy (non-hydrogen) atoms. The number of nitrogens with one attached hydrogen (secondary N) is 1. The Hall–Kier alpha value is -2.45. The summed E-state index contributed by atoms with van der Waals surface area (Å²) in [5, 5.41) is 11.8. The molecule has 3 nitrogen and oxygen atoms in total. The molecule has 110 valence electrons. The third-order valence-corrected chi connectivity index (χ3v) is 3.50. The number of nitriles is 1. The van der Waals surface area contributed by atoms with E-state index in [2.05, 4.69) is 21.2 Å². The van der Waals surface area contributed by atoms with Crippen molar-refractivity contribution in [3.8, 4) is 6.07 Å². The maximum absolute atomic E-state index is 13.2. The second-order valence-corrected chi connectivity index (χ2v) is 5.52. The van der Waals surface area contributed by atoms with Gasteiger partial charge in [0.15, 0.2) is 0 Å². The third kappa shape index (κ3) is 4.03. The zero-order chi connectivity index (χ0) is 16.1. The van der Waals surface area contributed by atoms with Gasteiger partial charge in [0.2, 0.25) is 0 Å². The monoisotopic (exact) mass is 358 g/mol. The Morgan fingerprint density at radius 1 is 1.32 bits per heavy atom. The predicted molar refractivity (Wildman–Crippen MR) is 87.5 cm³/mol. The van der Waals surface area contributed by atoms with E-state index in [4.69, 9.17) is 5.26 Å². The number of rotatable bonds is 3. The molecule has 0 saturated carbocycles. The van der Waals surface area contributed by atoms with Gasteiger partial charge in [-0.05, 0) is 64.3 Å². The molecule has 0 aliphatic rings. The lowest BCUT2D eigenvalue weighted by Crippen LogP contribution is -2.13. The molecule has 0 saturated heterocycles. The SMILES string of the molecule is Cc1cccc(NC(=O)/C(C#N)=C/c2ccc(F)c(Br)c2)c1. The number of halogens is 2. The lowest BCUT2D eigenvalue weighted by Gasteiger charge is -2.05. The van der Waals surface area contributed by atoms with Gasteiger partial charge in [-0.1, -0.05) is 18.2 Å². The summed E-state index contributed by atoms with van der Waals surface area (Å²) in [5.41, 5.74) is 2.12. The Kier molecular flexibility index (Phi) is 5.08. The van der Waals surface area contributed by atoms with E-state index in [-0.39, 0.29) is 10.0 Å². The van der Waals surface area contributed by atoms with E-state index < -0.39 is 11.7 Å². The topological polar surface area (TPSA) is 52.9 Å². The summed E-state index contributed by atoms with van der Waals surface area (Å²) in [6.45, 7) is 1.91. The van der Waals surface area contributed by atoms with E-state index >= 15 is 0 Å². The molecular formula is C17H12BrFN2O. The maximum Gasteiger partial charge on any atom is 0.266 e. The van der Waals surface area contributed by atoms with Gasteiger partial charge in [-0.2, -0.15) is 5.26 Å². The molecule has 0 aliphatic carbocycles. The summed E-state index contributed by atoms with van der Waals surface area (Å²) in [4.78, 5) is 12.1. The minimum atomic E-state index is -0.506. The highest BCUT2D eigenvalue weighted by molar-refractivity contribution is 9.10. The number of aryl methyl sites for hydroxylation is 1. The van der Waals surface area contributed by atoms with Crippen molar-refractivity contribution >= 4 is 33.6 Å². The average molecular weight is 359 g/mol. The lowest BCUT2D eigenvalue weighted by molar-refractivity contribution is -0.112. The molecule has 0 atom stereocenters. The number of benzene rings is 2. The zero-order valence-corrected chi connectivity index (χ0v) is 13.3. The normalized spacial score (nSPS) is 10.9. The molecule has 0 fully saturated rings. The van der Waals surface area contributed by atoms with Gasteiger partial charge in [0.05, 0.1) is 4.47 Å². The van der Waals surface area contributed by atoms with Crippen LogP contribution < -0.4 is 5.32 Å². The molecule has 5 heteroatoms. The van der Waals surface area contributed by atoms with Gasteiger partial charge in [0.25, 0.3) is 5.91 Å². The van der Waals surface area contributed by atoms with E-state index in [1.54, 1.807) is 12.1 Å². The fourth-order valence-corrected chi connectivity index (χ4v) is 2.24.